The molecular weight excluding hydrogens is 486 g/mol. The first-order chi connectivity index (χ1) is 17.3. The van der Waals surface area contributed by atoms with E-state index in [1.54, 1.807) is 13.0 Å². The normalized spacial score (nSPS) is 13.8. The number of thiazole rings is 1. The number of carbonyl (C=O) groups is 1. The number of nitrogens with zero attached hydrogens (tertiary/aromatic N) is 3. The zero-order valence-electron chi connectivity index (χ0n) is 20.1. The van der Waals surface area contributed by atoms with Gasteiger partial charge < -0.3 is 19.1 Å². The van der Waals surface area contributed by atoms with E-state index < -0.39 is 10.9 Å². The third kappa shape index (κ3) is 5.47. The summed E-state index contributed by atoms with van der Waals surface area (Å²) in [6, 6.07) is 10.5. The number of rotatable bonds is 7. The summed E-state index contributed by atoms with van der Waals surface area (Å²) in [6.07, 6.45) is 3.01. The molecule has 1 aliphatic rings. The Kier molecular flexibility index (Phi) is 7.51. The Hall–Kier alpha value is -3.96. The Morgan fingerprint density at radius 3 is 2.69 bits per heavy atom. The zero-order valence-corrected chi connectivity index (χ0v) is 20.9. The third-order valence-corrected chi connectivity index (χ3v) is 6.54. The van der Waals surface area contributed by atoms with Crippen LogP contribution >= 0.6 is 11.3 Å². The number of aromatic nitrogens is 1. The van der Waals surface area contributed by atoms with Gasteiger partial charge >= 0.3 is 5.97 Å². The quantitative estimate of drug-likeness (QED) is 0.269. The molecule has 3 aromatic rings. The molecule has 11 heteroatoms. The second-order valence-corrected chi connectivity index (χ2v) is 9.25. The van der Waals surface area contributed by atoms with Crippen molar-refractivity contribution in [2.75, 3.05) is 32.4 Å². The first-order valence-electron chi connectivity index (χ1n) is 11.1. The van der Waals surface area contributed by atoms with Gasteiger partial charge in [0.2, 0.25) is 0 Å². The molecule has 188 valence electrons. The summed E-state index contributed by atoms with van der Waals surface area (Å²) in [5.74, 6) is -0.142. The molecule has 0 N–H and O–H groups in total. The number of benzene rings is 2. The molecule has 0 unspecified atom stereocenters. The van der Waals surface area contributed by atoms with Crippen LogP contribution in [0.2, 0.25) is 0 Å². The van der Waals surface area contributed by atoms with Gasteiger partial charge in [-0.1, -0.05) is 12.1 Å². The summed E-state index contributed by atoms with van der Waals surface area (Å²) >= 11 is 1.14. The van der Waals surface area contributed by atoms with E-state index in [4.69, 9.17) is 14.2 Å². The highest BCUT2D eigenvalue weighted by molar-refractivity contribution is 7.07. The van der Waals surface area contributed by atoms with Crippen molar-refractivity contribution in [1.82, 2.24) is 4.57 Å². The van der Waals surface area contributed by atoms with Crippen molar-refractivity contribution in [1.29, 1.82) is 0 Å². The fourth-order valence-corrected chi connectivity index (χ4v) is 4.80. The fraction of sp³-hybridized carbons (Fsp3) is 0.280. The zero-order chi connectivity index (χ0) is 25.8. The number of fused-ring (bicyclic) bond motifs is 1. The van der Waals surface area contributed by atoms with E-state index in [1.165, 1.54) is 22.8 Å². The number of esters is 1. The first-order valence-corrected chi connectivity index (χ1v) is 12.0. The van der Waals surface area contributed by atoms with Crippen LogP contribution in [0.15, 0.2) is 41.2 Å². The molecule has 0 aliphatic carbocycles. The molecule has 2 heterocycles. The van der Waals surface area contributed by atoms with Crippen LogP contribution in [0.4, 0.5) is 11.4 Å². The summed E-state index contributed by atoms with van der Waals surface area (Å²) in [5.41, 5.74) is 2.35. The molecule has 0 atom stereocenters. The molecule has 10 nitrogen and oxygen atoms in total. The van der Waals surface area contributed by atoms with Gasteiger partial charge in [0.05, 0.1) is 35.3 Å². The number of nitro groups is 1. The van der Waals surface area contributed by atoms with Crippen molar-refractivity contribution in [3.8, 4) is 5.75 Å². The van der Waals surface area contributed by atoms with Crippen molar-refractivity contribution in [3.63, 3.8) is 0 Å². The average molecular weight is 512 g/mol. The van der Waals surface area contributed by atoms with E-state index >= 15 is 0 Å². The van der Waals surface area contributed by atoms with Crippen LogP contribution in [0, 0.1) is 10.1 Å². The van der Waals surface area contributed by atoms with Crippen molar-refractivity contribution < 1.29 is 23.9 Å². The highest BCUT2D eigenvalue weighted by Gasteiger charge is 2.22. The monoisotopic (exact) mass is 511 g/mol. The fourth-order valence-electron chi connectivity index (χ4n) is 3.77. The van der Waals surface area contributed by atoms with Crippen LogP contribution in [0.3, 0.4) is 0 Å². The summed E-state index contributed by atoms with van der Waals surface area (Å²) in [7, 11) is 3.88. The Morgan fingerprint density at radius 2 is 2.03 bits per heavy atom. The number of non-ortho nitro benzene ring substituents is 1. The Balaban J connectivity index is 1.85. The maximum absolute atomic E-state index is 13.5. The topological polar surface area (TPSA) is 113 Å². The Labute approximate surface area is 210 Å². The second kappa shape index (κ2) is 10.8. The van der Waals surface area contributed by atoms with Crippen molar-refractivity contribution in [2.24, 2.45) is 0 Å². The van der Waals surface area contributed by atoms with Gasteiger partial charge in [0.25, 0.3) is 11.2 Å². The van der Waals surface area contributed by atoms with Crippen LogP contribution in [0.25, 0.3) is 12.2 Å². The van der Waals surface area contributed by atoms with Gasteiger partial charge in [-0.25, -0.2) is 4.79 Å². The summed E-state index contributed by atoms with van der Waals surface area (Å²) in [5, 5.41) is 11.5. The van der Waals surface area contributed by atoms with Crippen molar-refractivity contribution in [3.05, 3.63) is 82.8 Å². The molecule has 1 aromatic heterocycles. The predicted molar refractivity (Wildman–Crippen MR) is 136 cm³/mol. The lowest BCUT2D eigenvalue weighted by Gasteiger charge is -2.20. The lowest BCUT2D eigenvalue weighted by molar-refractivity contribution is -0.385. The minimum Gasteiger partial charge on any atom is -0.467 e. The smallest absolute Gasteiger partial charge is 0.333 e. The Morgan fingerprint density at radius 1 is 1.28 bits per heavy atom. The summed E-state index contributed by atoms with van der Waals surface area (Å²) in [6.45, 7) is 2.01. The predicted octanol–water partition coefficient (Wildman–Crippen LogP) is 1.97. The van der Waals surface area contributed by atoms with Gasteiger partial charge in [-0.05, 0) is 30.7 Å². The highest BCUT2D eigenvalue weighted by Crippen LogP contribution is 2.32. The lowest BCUT2D eigenvalue weighted by atomic mass is 10.1. The van der Waals surface area contributed by atoms with E-state index in [0.717, 1.165) is 22.6 Å². The molecule has 0 fully saturated rings. The number of hydrogen-bond acceptors (Lipinski definition) is 9. The number of anilines is 1. The SMILES string of the molecule is CCOC(=O)/C=c1/s/c(=C\c2ccc(N(C)C)cc2)c(=O)n1Cc1cc([N+](=O)[O-])cc2c1OCOC2. The second-order valence-electron chi connectivity index (χ2n) is 8.18. The molecule has 1 aliphatic heterocycles. The van der Waals surface area contributed by atoms with E-state index in [1.807, 2.05) is 43.3 Å². The molecule has 0 amide bonds. The number of hydrogen-bond donors (Lipinski definition) is 0. The number of ether oxygens (including phenoxy) is 3. The van der Waals surface area contributed by atoms with Crippen LogP contribution in [-0.2, 0) is 27.4 Å². The lowest BCUT2D eigenvalue weighted by Crippen LogP contribution is -2.32. The van der Waals surface area contributed by atoms with Gasteiger partial charge in [-0.15, -0.1) is 11.3 Å². The van der Waals surface area contributed by atoms with Crippen molar-refractivity contribution >= 4 is 40.8 Å². The molecule has 36 heavy (non-hydrogen) atoms. The van der Waals surface area contributed by atoms with Gasteiger partial charge in [0, 0.05) is 43.0 Å². The summed E-state index contributed by atoms with van der Waals surface area (Å²) in [4.78, 5) is 38.7. The molecule has 0 radical (unpaired) electrons. The molecule has 4 rings (SSSR count). The Bertz CT molecular complexity index is 1470. The molecule has 0 bridgehead atoms. The molecule has 0 saturated carbocycles. The molecular formula is C25H25N3O7S. The first kappa shape index (κ1) is 25.1. The number of nitro benzene ring substituents is 1. The van der Waals surface area contributed by atoms with Crippen LogP contribution in [0.5, 0.6) is 5.75 Å². The van der Waals surface area contributed by atoms with Crippen molar-refractivity contribution in [2.45, 2.75) is 20.1 Å². The molecule has 0 spiro atoms. The largest absolute Gasteiger partial charge is 0.467 e. The van der Waals surface area contributed by atoms with Gasteiger partial charge in [0.1, 0.15) is 10.4 Å². The maximum Gasteiger partial charge on any atom is 0.333 e. The maximum atomic E-state index is 13.5. The minimum absolute atomic E-state index is 0.000125. The molecule has 0 saturated heterocycles. The van der Waals surface area contributed by atoms with Gasteiger partial charge in [-0.3, -0.25) is 19.5 Å². The van der Waals surface area contributed by atoms with Crippen LogP contribution in [0.1, 0.15) is 23.6 Å². The van der Waals surface area contributed by atoms with Gasteiger partial charge in [0.15, 0.2) is 6.79 Å². The average Bonchev–Trinajstić information content (AvgIpc) is 3.13. The van der Waals surface area contributed by atoms with E-state index in [9.17, 15) is 19.7 Å². The van der Waals surface area contributed by atoms with Gasteiger partial charge in [-0.2, -0.15) is 0 Å². The van der Waals surface area contributed by atoms with E-state index in [-0.39, 0.29) is 37.8 Å². The van der Waals surface area contributed by atoms with E-state index in [0.29, 0.717) is 26.1 Å². The van der Waals surface area contributed by atoms with E-state index in [2.05, 4.69) is 0 Å². The van der Waals surface area contributed by atoms with Crippen LogP contribution < -0.4 is 24.4 Å². The third-order valence-electron chi connectivity index (χ3n) is 5.48. The summed E-state index contributed by atoms with van der Waals surface area (Å²) < 4.78 is 18.1. The van der Waals surface area contributed by atoms with Crippen LogP contribution in [-0.4, -0.2) is 43.0 Å². The standard InChI is InChI=1S/C25H25N3O7S/c1-4-34-23(29)12-22-27(13-17-10-20(28(31)32)11-18-14-33-15-35-24(17)18)25(30)21(36-22)9-16-5-7-19(8-6-16)26(2)3/h5-12H,4,13-15H2,1-3H3/b21-9-,22-12+. The number of carbonyl (C=O) groups excluding carboxylic acids is 1. The molecule has 2 aromatic carbocycles. The highest BCUT2D eigenvalue weighted by atomic mass is 32.1. The minimum atomic E-state index is -0.583.